The van der Waals surface area contributed by atoms with E-state index in [4.69, 9.17) is 0 Å². The topological polar surface area (TPSA) is 66.9 Å². The van der Waals surface area contributed by atoms with Crippen molar-refractivity contribution >= 4 is 17.4 Å². The molecule has 2 N–H and O–H groups in total. The van der Waals surface area contributed by atoms with E-state index in [-0.39, 0.29) is 5.91 Å². The van der Waals surface area contributed by atoms with Gasteiger partial charge in [-0.2, -0.15) is 0 Å². The third kappa shape index (κ3) is 3.67. The van der Waals surface area contributed by atoms with Gasteiger partial charge in [-0.15, -0.1) is 0 Å². The number of nitrogens with zero attached hydrogens (tertiary/aromatic N) is 2. The lowest BCUT2D eigenvalue weighted by atomic mass is 10.0. The van der Waals surface area contributed by atoms with E-state index in [0.717, 1.165) is 42.5 Å². The van der Waals surface area contributed by atoms with Crippen LogP contribution >= 0.6 is 0 Å². The second kappa shape index (κ2) is 6.77. The summed E-state index contributed by atoms with van der Waals surface area (Å²) in [5.74, 6) is 0.522. The van der Waals surface area contributed by atoms with Crippen molar-refractivity contribution in [3.8, 4) is 0 Å². The van der Waals surface area contributed by atoms with Crippen LogP contribution in [0.25, 0.3) is 0 Å². The molecule has 1 fully saturated rings. The predicted molar refractivity (Wildman–Crippen MR) is 91.8 cm³/mol. The number of hydrogen-bond acceptors (Lipinski definition) is 4. The molecule has 0 bridgehead atoms. The number of para-hydroxylation sites is 1. The Kier molecular flexibility index (Phi) is 4.55. The summed E-state index contributed by atoms with van der Waals surface area (Å²) >= 11 is 0. The zero-order valence-corrected chi connectivity index (χ0v) is 13.6. The number of nitrogens with one attached hydrogen (secondary N) is 2. The Balaban J connectivity index is 1.81. The third-order valence-corrected chi connectivity index (χ3v) is 4.07. The molecule has 1 aliphatic carbocycles. The molecular formula is C18H22N4O. The van der Waals surface area contributed by atoms with Crippen LogP contribution in [0.15, 0.2) is 30.6 Å². The lowest BCUT2D eigenvalue weighted by Gasteiger charge is -2.14. The van der Waals surface area contributed by atoms with Gasteiger partial charge in [0, 0.05) is 17.8 Å². The van der Waals surface area contributed by atoms with Gasteiger partial charge in [0.05, 0.1) is 0 Å². The number of carbonyl (C=O) groups excluding carboxylic acids is 1. The highest BCUT2D eigenvalue weighted by atomic mass is 16.1. The molecule has 5 nitrogen and oxygen atoms in total. The Morgan fingerprint density at radius 2 is 1.87 bits per heavy atom. The van der Waals surface area contributed by atoms with Crippen LogP contribution in [0.2, 0.25) is 0 Å². The van der Waals surface area contributed by atoms with E-state index in [1.54, 1.807) is 6.07 Å². The quantitative estimate of drug-likeness (QED) is 0.858. The van der Waals surface area contributed by atoms with E-state index in [9.17, 15) is 4.79 Å². The van der Waals surface area contributed by atoms with Crippen molar-refractivity contribution in [3.63, 3.8) is 0 Å². The number of aromatic nitrogens is 2. The SMILES string of the molecule is CCc1cccc(CC)c1NC(=O)c1cc(NC2CC2)ncn1. The van der Waals surface area contributed by atoms with Crippen LogP contribution in [0, 0.1) is 0 Å². The Labute approximate surface area is 136 Å². The fraction of sp³-hybridized carbons (Fsp3) is 0.389. The van der Waals surface area contributed by atoms with Gasteiger partial charge in [0.2, 0.25) is 0 Å². The number of hydrogen-bond donors (Lipinski definition) is 2. The van der Waals surface area contributed by atoms with Gasteiger partial charge in [-0.1, -0.05) is 32.0 Å². The molecule has 0 radical (unpaired) electrons. The highest BCUT2D eigenvalue weighted by molar-refractivity contribution is 6.04. The highest BCUT2D eigenvalue weighted by Crippen LogP contribution is 2.25. The molecule has 1 heterocycles. The first-order valence-electron chi connectivity index (χ1n) is 8.22. The van der Waals surface area contributed by atoms with E-state index in [2.05, 4.69) is 46.6 Å². The maximum absolute atomic E-state index is 12.6. The molecule has 1 amide bonds. The molecule has 1 aromatic heterocycles. The van der Waals surface area contributed by atoms with E-state index in [1.807, 2.05) is 6.07 Å². The highest BCUT2D eigenvalue weighted by Gasteiger charge is 2.22. The maximum Gasteiger partial charge on any atom is 0.274 e. The number of aryl methyl sites for hydroxylation is 2. The fourth-order valence-corrected chi connectivity index (χ4v) is 2.58. The van der Waals surface area contributed by atoms with Gasteiger partial charge in [-0.05, 0) is 36.8 Å². The molecule has 1 aliphatic rings. The molecule has 5 heteroatoms. The number of carbonyl (C=O) groups is 1. The molecule has 0 atom stereocenters. The minimum atomic E-state index is -0.193. The van der Waals surface area contributed by atoms with Crippen molar-refractivity contribution < 1.29 is 4.79 Å². The summed E-state index contributed by atoms with van der Waals surface area (Å²) in [6.07, 6.45) is 5.51. The molecule has 0 spiro atoms. The van der Waals surface area contributed by atoms with Crippen LogP contribution in [-0.2, 0) is 12.8 Å². The largest absolute Gasteiger partial charge is 0.367 e. The number of amides is 1. The van der Waals surface area contributed by atoms with Crippen molar-refractivity contribution in [2.24, 2.45) is 0 Å². The number of rotatable bonds is 6. The van der Waals surface area contributed by atoms with Crippen LogP contribution in [0.5, 0.6) is 0 Å². The van der Waals surface area contributed by atoms with Crippen LogP contribution < -0.4 is 10.6 Å². The van der Waals surface area contributed by atoms with Crippen LogP contribution in [0.1, 0.15) is 48.3 Å². The lowest BCUT2D eigenvalue weighted by Crippen LogP contribution is -2.17. The fourth-order valence-electron chi connectivity index (χ4n) is 2.58. The Morgan fingerprint density at radius 1 is 1.17 bits per heavy atom. The molecule has 23 heavy (non-hydrogen) atoms. The zero-order valence-electron chi connectivity index (χ0n) is 13.6. The molecule has 1 aromatic carbocycles. The van der Waals surface area contributed by atoms with Crippen LogP contribution in [0.3, 0.4) is 0 Å². The summed E-state index contributed by atoms with van der Waals surface area (Å²) in [5, 5.41) is 6.33. The molecular weight excluding hydrogens is 288 g/mol. The smallest absolute Gasteiger partial charge is 0.274 e. The Bertz CT molecular complexity index is 688. The van der Waals surface area contributed by atoms with Gasteiger partial charge >= 0.3 is 0 Å². The monoisotopic (exact) mass is 310 g/mol. The average Bonchev–Trinajstić information content (AvgIpc) is 3.39. The Hall–Kier alpha value is -2.43. The summed E-state index contributed by atoms with van der Waals surface area (Å²) in [7, 11) is 0. The third-order valence-electron chi connectivity index (χ3n) is 4.07. The van der Waals surface area contributed by atoms with Crippen molar-refractivity contribution in [2.45, 2.75) is 45.6 Å². The molecule has 0 unspecified atom stereocenters. The predicted octanol–water partition coefficient (Wildman–Crippen LogP) is 3.43. The van der Waals surface area contributed by atoms with E-state index in [1.165, 1.54) is 6.33 Å². The van der Waals surface area contributed by atoms with Gasteiger partial charge < -0.3 is 10.6 Å². The normalized spacial score (nSPS) is 13.7. The zero-order chi connectivity index (χ0) is 16.2. The second-order valence-electron chi connectivity index (χ2n) is 5.82. The first kappa shape index (κ1) is 15.5. The summed E-state index contributed by atoms with van der Waals surface area (Å²) < 4.78 is 0. The van der Waals surface area contributed by atoms with E-state index in [0.29, 0.717) is 17.6 Å². The summed E-state index contributed by atoms with van der Waals surface area (Å²) in [6.45, 7) is 4.18. The van der Waals surface area contributed by atoms with Gasteiger partial charge in [-0.25, -0.2) is 9.97 Å². The van der Waals surface area contributed by atoms with Crippen LogP contribution in [-0.4, -0.2) is 21.9 Å². The first-order valence-corrected chi connectivity index (χ1v) is 8.22. The summed E-state index contributed by atoms with van der Waals surface area (Å²) in [6, 6.07) is 8.35. The number of benzene rings is 1. The van der Waals surface area contributed by atoms with Gasteiger partial charge in [0.15, 0.2) is 0 Å². The summed E-state index contributed by atoms with van der Waals surface area (Å²) in [4.78, 5) is 20.9. The molecule has 0 aliphatic heterocycles. The van der Waals surface area contributed by atoms with Crippen molar-refractivity contribution in [1.29, 1.82) is 0 Å². The second-order valence-corrected chi connectivity index (χ2v) is 5.82. The first-order chi connectivity index (χ1) is 11.2. The van der Waals surface area contributed by atoms with Gasteiger partial charge in [0.1, 0.15) is 17.8 Å². The van der Waals surface area contributed by atoms with Crippen molar-refractivity contribution in [2.75, 3.05) is 10.6 Å². The molecule has 120 valence electrons. The van der Waals surface area contributed by atoms with Gasteiger partial charge in [0.25, 0.3) is 5.91 Å². The molecule has 0 saturated heterocycles. The minimum absolute atomic E-state index is 0.193. The summed E-state index contributed by atoms with van der Waals surface area (Å²) in [5.41, 5.74) is 3.58. The average molecular weight is 310 g/mol. The van der Waals surface area contributed by atoms with Crippen molar-refractivity contribution in [1.82, 2.24) is 9.97 Å². The molecule has 3 rings (SSSR count). The standard InChI is InChI=1S/C18H22N4O/c1-3-12-6-5-7-13(4-2)17(12)22-18(23)15-10-16(20-11-19-15)21-14-8-9-14/h5-7,10-11,14H,3-4,8-9H2,1-2H3,(H,22,23)(H,19,20,21). The lowest BCUT2D eigenvalue weighted by molar-refractivity contribution is 0.102. The van der Waals surface area contributed by atoms with E-state index < -0.39 is 0 Å². The van der Waals surface area contributed by atoms with Crippen LogP contribution in [0.4, 0.5) is 11.5 Å². The van der Waals surface area contributed by atoms with Crippen molar-refractivity contribution in [3.05, 3.63) is 47.4 Å². The van der Waals surface area contributed by atoms with Gasteiger partial charge in [-0.3, -0.25) is 4.79 Å². The Morgan fingerprint density at radius 3 is 2.48 bits per heavy atom. The molecule has 1 saturated carbocycles. The number of anilines is 2. The minimum Gasteiger partial charge on any atom is -0.367 e. The van der Waals surface area contributed by atoms with E-state index >= 15 is 0 Å². The molecule has 2 aromatic rings. The maximum atomic E-state index is 12.6.